The molecule has 0 saturated carbocycles. The average Bonchev–Trinajstić information content (AvgIpc) is 2.75. The number of nitrogen functional groups attached to an aromatic ring is 1. The molecule has 3 rings (SSSR count). The number of aromatic nitrogens is 1. The molecule has 3 N–H and O–H groups in total. The fraction of sp³-hybridized carbons (Fsp3) is 0. The summed E-state index contributed by atoms with van der Waals surface area (Å²) in [5.41, 5.74) is 7.06. The van der Waals surface area contributed by atoms with Crippen molar-refractivity contribution < 1.29 is 13.9 Å². The molecule has 0 fully saturated rings. The normalized spacial score (nSPS) is 10.9. The molecular weight excluding hydrogens is 235 g/mol. The minimum Gasteiger partial charge on any atom is -0.505 e. The molecule has 0 bridgehead atoms. The lowest BCUT2D eigenvalue weighted by molar-refractivity contribution is 0.476. The lowest BCUT2D eigenvalue weighted by Crippen LogP contribution is -1.87. The number of aromatic hydroxyl groups is 1. The number of benzene rings is 2. The van der Waals surface area contributed by atoms with E-state index in [-0.39, 0.29) is 23.1 Å². The van der Waals surface area contributed by atoms with Crippen LogP contribution in [-0.4, -0.2) is 10.1 Å². The van der Waals surface area contributed by atoms with Crippen molar-refractivity contribution in [2.24, 2.45) is 0 Å². The second-order valence-corrected chi connectivity index (χ2v) is 3.87. The van der Waals surface area contributed by atoms with Crippen LogP contribution in [0.1, 0.15) is 0 Å². The van der Waals surface area contributed by atoms with Crippen LogP contribution in [0.2, 0.25) is 0 Å². The number of oxazole rings is 1. The molecule has 18 heavy (non-hydrogen) atoms. The van der Waals surface area contributed by atoms with Crippen molar-refractivity contribution in [3.63, 3.8) is 0 Å². The molecule has 0 aliphatic heterocycles. The number of phenolic OH excluding ortho intramolecular Hbond substituents is 1. The van der Waals surface area contributed by atoms with Crippen LogP contribution in [0.15, 0.2) is 40.8 Å². The highest BCUT2D eigenvalue weighted by Crippen LogP contribution is 2.34. The quantitative estimate of drug-likeness (QED) is 0.510. The van der Waals surface area contributed by atoms with E-state index in [0.717, 1.165) is 0 Å². The Balaban J connectivity index is 2.22. The fourth-order valence-electron chi connectivity index (χ4n) is 1.75. The van der Waals surface area contributed by atoms with E-state index >= 15 is 0 Å². The van der Waals surface area contributed by atoms with Gasteiger partial charge in [0.25, 0.3) is 0 Å². The molecule has 5 heteroatoms. The lowest BCUT2D eigenvalue weighted by Gasteiger charge is -2.02. The van der Waals surface area contributed by atoms with Gasteiger partial charge in [-0.05, 0) is 24.3 Å². The smallest absolute Gasteiger partial charge is 0.231 e. The van der Waals surface area contributed by atoms with Crippen LogP contribution in [0.4, 0.5) is 10.1 Å². The number of para-hydroxylation sites is 1. The molecule has 3 aromatic rings. The van der Waals surface area contributed by atoms with Crippen molar-refractivity contribution in [1.29, 1.82) is 0 Å². The maximum atomic E-state index is 13.0. The zero-order chi connectivity index (χ0) is 12.7. The third-order valence-corrected chi connectivity index (χ3v) is 2.65. The minimum absolute atomic E-state index is 0.0930. The Bertz CT molecular complexity index is 737. The van der Waals surface area contributed by atoms with E-state index in [1.807, 2.05) is 0 Å². The summed E-state index contributed by atoms with van der Waals surface area (Å²) < 4.78 is 18.5. The maximum absolute atomic E-state index is 13.0. The van der Waals surface area contributed by atoms with Gasteiger partial charge in [-0.1, -0.05) is 6.07 Å². The SMILES string of the molecule is Nc1cccc(-c2nc3cc(F)ccc3o2)c1O. The highest BCUT2D eigenvalue weighted by atomic mass is 19.1. The topological polar surface area (TPSA) is 72.3 Å². The number of halogens is 1. The number of hydrogen-bond acceptors (Lipinski definition) is 4. The molecule has 0 aliphatic rings. The Morgan fingerprint density at radius 2 is 2.06 bits per heavy atom. The van der Waals surface area contributed by atoms with Gasteiger partial charge in [0.2, 0.25) is 5.89 Å². The number of nitrogens with two attached hydrogens (primary N) is 1. The van der Waals surface area contributed by atoms with Crippen molar-refractivity contribution >= 4 is 16.8 Å². The van der Waals surface area contributed by atoms with Gasteiger partial charge in [-0.15, -0.1) is 0 Å². The lowest BCUT2D eigenvalue weighted by atomic mass is 10.2. The van der Waals surface area contributed by atoms with Crippen molar-refractivity contribution in [3.8, 4) is 17.2 Å². The van der Waals surface area contributed by atoms with E-state index in [0.29, 0.717) is 16.7 Å². The van der Waals surface area contributed by atoms with Crippen molar-refractivity contribution in [2.75, 3.05) is 5.73 Å². The summed E-state index contributed by atoms with van der Waals surface area (Å²) in [4.78, 5) is 4.12. The van der Waals surface area contributed by atoms with E-state index < -0.39 is 0 Å². The largest absolute Gasteiger partial charge is 0.505 e. The predicted octanol–water partition coefficient (Wildman–Crippen LogP) is 2.92. The molecule has 0 spiro atoms. The summed E-state index contributed by atoms with van der Waals surface area (Å²) >= 11 is 0. The first-order valence-corrected chi connectivity index (χ1v) is 5.29. The molecule has 0 atom stereocenters. The van der Waals surface area contributed by atoms with Crippen LogP contribution in [-0.2, 0) is 0 Å². The van der Waals surface area contributed by atoms with Gasteiger partial charge in [0.05, 0.1) is 11.3 Å². The molecule has 90 valence electrons. The van der Waals surface area contributed by atoms with Crippen molar-refractivity contribution in [3.05, 3.63) is 42.2 Å². The maximum Gasteiger partial charge on any atom is 0.231 e. The fourth-order valence-corrected chi connectivity index (χ4v) is 1.75. The molecule has 1 heterocycles. The standard InChI is InChI=1S/C13H9FN2O2/c14-7-4-5-11-10(6-7)16-13(18-11)8-2-1-3-9(15)12(8)17/h1-6,17H,15H2. The number of hydrogen-bond donors (Lipinski definition) is 2. The van der Waals surface area contributed by atoms with Gasteiger partial charge < -0.3 is 15.3 Å². The van der Waals surface area contributed by atoms with Crippen LogP contribution >= 0.6 is 0 Å². The highest BCUT2D eigenvalue weighted by Gasteiger charge is 2.13. The highest BCUT2D eigenvalue weighted by molar-refractivity contribution is 5.79. The molecule has 0 saturated heterocycles. The van der Waals surface area contributed by atoms with Gasteiger partial charge in [-0.25, -0.2) is 9.37 Å². The van der Waals surface area contributed by atoms with Gasteiger partial charge in [0.1, 0.15) is 11.3 Å². The third kappa shape index (κ3) is 1.57. The monoisotopic (exact) mass is 244 g/mol. The van der Waals surface area contributed by atoms with Gasteiger partial charge in [0, 0.05) is 6.07 Å². The van der Waals surface area contributed by atoms with E-state index in [2.05, 4.69) is 4.98 Å². The summed E-state index contributed by atoms with van der Waals surface area (Å²) in [5.74, 6) is -0.274. The Kier molecular flexibility index (Phi) is 2.19. The Labute approximate surface area is 101 Å². The van der Waals surface area contributed by atoms with Gasteiger partial charge in [0.15, 0.2) is 11.3 Å². The van der Waals surface area contributed by atoms with Crippen LogP contribution in [0.3, 0.4) is 0 Å². The van der Waals surface area contributed by atoms with Crippen LogP contribution < -0.4 is 5.73 Å². The summed E-state index contributed by atoms with van der Waals surface area (Å²) in [6, 6.07) is 8.93. The molecule has 0 aliphatic carbocycles. The second kappa shape index (κ2) is 3.73. The molecule has 0 unspecified atom stereocenters. The second-order valence-electron chi connectivity index (χ2n) is 3.87. The van der Waals surface area contributed by atoms with E-state index in [9.17, 15) is 9.50 Å². The molecule has 4 nitrogen and oxygen atoms in total. The Morgan fingerprint density at radius 1 is 1.22 bits per heavy atom. The molecule has 0 amide bonds. The predicted molar refractivity (Wildman–Crippen MR) is 65.5 cm³/mol. The van der Waals surface area contributed by atoms with Crippen LogP contribution in [0, 0.1) is 5.82 Å². The van der Waals surface area contributed by atoms with E-state index in [1.165, 1.54) is 18.2 Å². The first kappa shape index (κ1) is 10.6. The number of rotatable bonds is 1. The summed E-state index contributed by atoms with van der Waals surface area (Å²) in [5, 5.41) is 9.83. The number of phenols is 1. The van der Waals surface area contributed by atoms with Gasteiger partial charge in [-0.3, -0.25) is 0 Å². The zero-order valence-corrected chi connectivity index (χ0v) is 9.22. The summed E-state index contributed by atoms with van der Waals surface area (Å²) in [7, 11) is 0. The van der Waals surface area contributed by atoms with Gasteiger partial charge in [-0.2, -0.15) is 0 Å². The van der Waals surface area contributed by atoms with Crippen LogP contribution in [0.5, 0.6) is 5.75 Å². The number of fused-ring (bicyclic) bond motifs is 1. The van der Waals surface area contributed by atoms with Crippen molar-refractivity contribution in [1.82, 2.24) is 4.98 Å². The molecule has 0 radical (unpaired) electrons. The Morgan fingerprint density at radius 3 is 2.89 bits per heavy atom. The summed E-state index contributed by atoms with van der Waals surface area (Å²) in [6.45, 7) is 0. The average molecular weight is 244 g/mol. The van der Waals surface area contributed by atoms with Crippen molar-refractivity contribution in [2.45, 2.75) is 0 Å². The van der Waals surface area contributed by atoms with Gasteiger partial charge >= 0.3 is 0 Å². The number of anilines is 1. The van der Waals surface area contributed by atoms with Crippen LogP contribution in [0.25, 0.3) is 22.6 Å². The molecular formula is C13H9FN2O2. The molecule has 2 aromatic carbocycles. The third-order valence-electron chi connectivity index (χ3n) is 2.65. The molecule has 1 aromatic heterocycles. The minimum atomic E-state index is -0.390. The van der Waals surface area contributed by atoms with E-state index in [1.54, 1.807) is 18.2 Å². The van der Waals surface area contributed by atoms with E-state index in [4.69, 9.17) is 10.2 Å². The first-order chi connectivity index (χ1) is 8.65. The summed E-state index contributed by atoms with van der Waals surface area (Å²) in [6.07, 6.45) is 0. The number of nitrogens with zero attached hydrogens (tertiary/aromatic N) is 1. The zero-order valence-electron chi connectivity index (χ0n) is 9.22. The first-order valence-electron chi connectivity index (χ1n) is 5.29. The Hall–Kier alpha value is -2.56.